The first kappa shape index (κ1) is 10.1. The van der Waals surface area contributed by atoms with E-state index in [-0.39, 0.29) is 5.91 Å². The fourth-order valence-electron chi connectivity index (χ4n) is 0.931. The molecule has 0 aliphatic carbocycles. The first-order valence-electron chi connectivity index (χ1n) is 4.06. The van der Waals surface area contributed by atoms with Crippen LogP contribution in [0.1, 0.15) is 12.1 Å². The predicted octanol–water partition coefficient (Wildman–Crippen LogP) is 1.65. The van der Waals surface area contributed by atoms with Crippen LogP contribution in [0.2, 0.25) is 0 Å². The van der Waals surface area contributed by atoms with E-state index in [9.17, 15) is 4.79 Å². The van der Waals surface area contributed by atoms with Gasteiger partial charge in [0, 0.05) is 12.6 Å². The molecule has 13 heavy (non-hydrogen) atoms. The largest absolute Gasteiger partial charge is 0.324 e. The Labute approximate surface area is 83.0 Å². The van der Waals surface area contributed by atoms with E-state index in [1.54, 1.807) is 12.3 Å². The fraction of sp³-hybridized carbons (Fsp3) is 0.333. The summed E-state index contributed by atoms with van der Waals surface area (Å²) in [4.78, 5) is 15.2. The first-order chi connectivity index (χ1) is 6.24. The molecule has 0 spiro atoms. The molecule has 0 fully saturated rings. The van der Waals surface area contributed by atoms with Gasteiger partial charge in [-0.15, -0.1) is 0 Å². The molecule has 0 aliphatic rings. The van der Waals surface area contributed by atoms with Crippen LogP contribution in [0.25, 0.3) is 0 Å². The van der Waals surface area contributed by atoms with Crippen molar-refractivity contribution in [2.24, 2.45) is 0 Å². The molecule has 0 saturated heterocycles. The van der Waals surface area contributed by atoms with Crippen LogP contribution in [0, 0.1) is 6.92 Å². The summed E-state index contributed by atoms with van der Waals surface area (Å²) in [7, 11) is 0. The van der Waals surface area contributed by atoms with Gasteiger partial charge in [-0.05, 0) is 24.8 Å². The zero-order valence-corrected chi connectivity index (χ0v) is 8.34. The van der Waals surface area contributed by atoms with Crippen molar-refractivity contribution in [1.29, 1.82) is 0 Å². The van der Waals surface area contributed by atoms with Gasteiger partial charge in [-0.2, -0.15) is 12.6 Å². The number of amides is 1. The van der Waals surface area contributed by atoms with E-state index in [4.69, 9.17) is 0 Å². The molecule has 1 rings (SSSR count). The molecule has 0 unspecified atom stereocenters. The molecule has 1 N–H and O–H groups in total. The van der Waals surface area contributed by atoms with Gasteiger partial charge in [0.25, 0.3) is 0 Å². The maximum Gasteiger partial charge on any atom is 0.225 e. The molecule has 0 radical (unpaired) electrons. The number of carbonyl (C=O) groups is 1. The highest BCUT2D eigenvalue weighted by atomic mass is 32.1. The van der Waals surface area contributed by atoms with Crippen molar-refractivity contribution in [1.82, 2.24) is 4.98 Å². The van der Waals surface area contributed by atoms with Crippen LogP contribution in [0.15, 0.2) is 18.3 Å². The average molecular weight is 196 g/mol. The van der Waals surface area contributed by atoms with Gasteiger partial charge < -0.3 is 5.32 Å². The lowest BCUT2D eigenvalue weighted by Crippen LogP contribution is -2.12. The Hall–Kier alpha value is -1.03. The molecule has 4 heteroatoms. The van der Waals surface area contributed by atoms with Gasteiger partial charge in [0.05, 0.1) is 11.4 Å². The smallest absolute Gasteiger partial charge is 0.225 e. The molecule has 1 amide bonds. The normalized spacial score (nSPS) is 9.69. The van der Waals surface area contributed by atoms with Crippen molar-refractivity contribution in [3.63, 3.8) is 0 Å². The fourth-order valence-corrected chi connectivity index (χ4v) is 1.13. The van der Waals surface area contributed by atoms with Gasteiger partial charge in [-0.1, -0.05) is 0 Å². The Bertz CT molecular complexity index is 301. The number of aryl methyl sites for hydroxylation is 1. The van der Waals surface area contributed by atoms with Gasteiger partial charge in [0.1, 0.15) is 0 Å². The molecule has 0 saturated carbocycles. The Balaban J connectivity index is 2.63. The topological polar surface area (TPSA) is 42.0 Å². The number of rotatable bonds is 3. The van der Waals surface area contributed by atoms with Crippen molar-refractivity contribution in [3.05, 3.63) is 24.0 Å². The first-order valence-corrected chi connectivity index (χ1v) is 4.69. The molecule has 0 bridgehead atoms. The highest BCUT2D eigenvalue weighted by molar-refractivity contribution is 7.80. The number of nitrogens with one attached hydrogen (secondary N) is 1. The quantitative estimate of drug-likeness (QED) is 0.722. The molecule has 1 heterocycles. The van der Waals surface area contributed by atoms with Crippen molar-refractivity contribution < 1.29 is 4.79 Å². The number of hydrogen-bond acceptors (Lipinski definition) is 3. The Kier molecular flexibility index (Phi) is 3.76. The minimum Gasteiger partial charge on any atom is -0.324 e. The van der Waals surface area contributed by atoms with Crippen molar-refractivity contribution in [2.45, 2.75) is 13.3 Å². The van der Waals surface area contributed by atoms with Crippen LogP contribution in [-0.2, 0) is 4.79 Å². The molecule has 1 aromatic heterocycles. The van der Waals surface area contributed by atoms with E-state index in [0.717, 1.165) is 11.4 Å². The van der Waals surface area contributed by atoms with Crippen LogP contribution in [0.4, 0.5) is 5.69 Å². The summed E-state index contributed by atoms with van der Waals surface area (Å²) in [5, 5.41) is 2.76. The van der Waals surface area contributed by atoms with E-state index >= 15 is 0 Å². The lowest BCUT2D eigenvalue weighted by atomic mass is 10.3. The van der Waals surface area contributed by atoms with Crippen LogP contribution in [0.5, 0.6) is 0 Å². The average Bonchev–Trinajstić information content (AvgIpc) is 2.09. The molecule has 0 atom stereocenters. The lowest BCUT2D eigenvalue weighted by Gasteiger charge is -2.05. The highest BCUT2D eigenvalue weighted by Crippen LogP contribution is 2.10. The summed E-state index contributed by atoms with van der Waals surface area (Å²) in [6.07, 6.45) is 2.13. The Morgan fingerprint density at radius 2 is 2.46 bits per heavy atom. The van der Waals surface area contributed by atoms with Gasteiger partial charge in [-0.3, -0.25) is 9.78 Å². The summed E-state index contributed by atoms with van der Waals surface area (Å²) < 4.78 is 0. The Morgan fingerprint density at radius 3 is 3.08 bits per heavy atom. The molecule has 0 aromatic carbocycles. The number of aromatic nitrogens is 1. The number of thiol groups is 1. The predicted molar refractivity (Wildman–Crippen MR) is 56.1 cm³/mol. The second kappa shape index (κ2) is 4.87. The molecule has 1 aromatic rings. The Morgan fingerprint density at radius 1 is 1.69 bits per heavy atom. The summed E-state index contributed by atoms with van der Waals surface area (Å²) in [6.45, 7) is 1.86. The van der Waals surface area contributed by atoms with Gasteiger partial charge in [-0.25, -0.2) is 0 Å². The molecule has 70 valence electrons. The maximum absolute atomic E-state index is 11.2. The molecule has 3 nitrogen and oxygen atoms in total. The van der Waals surface area contributed by atoms with Crippen molar-refractivity contribution in [3.8, 4) is 0 Å². The summed E-state index contributed by atoms with van der Waals surface area (Å²) >= 11 is 3.98. The van der Waals surface area contributed by atoms with E-state index < -0.39 is 0 Å². The molecular weight excluding hydrogens is 184 g/mol. The van der Waals surface area contributed by atoms with Crippen LogP contribution in [-0.4, -0.2) is 16.6 Å². The minimum absolute atomic E-state index is 0.0221. The lowest BCUT2D eigenvalue weighted by molar-refractivity contribution is -0.115. The van der Waals surface area contributed by atoms with E-state index in [1.165, 1.54) is 0 Å². The summed E-state index contributed by atoms with van der Waals surface area (Å²) in [5.41, 5.74) is 1.60. The van der Waals surface area contributed by atoms with Crippen LogP contribution in [0.3, 0.4) is 0 Å². The molecular formula is C9H12N2OS. The zero-order chi connectivity index (χ0) is 9.68. The third kappa shape index (κ3) is 3.06. The van der Waals surface area contributed by atoms with Crippen LogP contribution < -0.4 is 5.32 Å². The summed E-state index contributed by atoms with van der Waals surface area (Å²) in [5.74, 6) is 0.539. The zero-order valence-electron chi connectivity index (χ0n) is 7.45. The highest BCUT2D eigenvalue weighted by Gasteiger charge is 2.02. The number of hydrogen-bond donors (Lipinski definition) is 2. The van der Waals surface area contributed by atoms with Gasteiger partial charge >= 0.3 is 0 Å². The standard InChI is InChI=1S/C9H12N2OS/c1-7-8(3-2-5-10-7)11-9(12)4-6-13/h2-3,5,13H,4,6H2,1H3,(H,11,12). The number of anilines is 1. The van der Waals surface area contributed by atoms with E-state index in [0.29, 0.717) is 12.2 Å². The second-order valence-electron chi connectivity index (χ2n) is 2.66. The van der Waals surface area contributed by atoms with E-state index in [2.05, 4.69) is 22.9 Å². The van der Waals surface area contributed by atoms with Gasteiger partial charge in [0.2, 0.25) is 5.91 Å². The van der Waals surface area contributed by atoms with Crippen molar-refractivity contribution in [2.75, 3.05) is 11.1 Å². The maximum atomic E-state index is 11.2. The monoisotopic (exact) mass is 196 g/mol. The second-order valence-corrected chi connectivity index (χ2v) is 3.11. The third-order valence-electron chi connectivity index (χ3n) is 1.62. The minimum atomic E-state index is -0.0221. The van der Waals surface area contributed by atoms with Gasteiger partial charge in [0.15, 0.2) is 0 Å². The number of carbonyl (C=O) groups excluding carboxylic acids is 1. The number of nitrogens with zero attached hydrogens (tertiary/aromatic N) is 1. The summed E-state index contributed by atoms with van der Waals surface area (Å²) in [6, 6.07) is 3.63. The number of pyridine rings is 1. The SMILES string of the molecule is Cc1ncccc1NC(=O)CCS. The van der Waals surface area contributed by atoms with Crippen molar-refractivity contribution >= 4 is 24.2 Å². The van der Waals surface area contributed by atoms with E-state index in [1.807, 2.05) is 13.0 Å². The van der Waals surface area contributed by atoms with Crippen LogP contribution >= 0.6 is 12.6 Å². The molecule has 0 aliphatic heterocycles. The third-order valence-corrected chi connectivity index (χ3v) is 1.84.